The van der Waals surface area contributed by atoms with Crippen molar-refractivity contribution in [2.75, 3.05) is 6.54 Å². The van der Waals surface area contributed by atoms with Crippen molar-refractivity contribution in [2.24, 2.45) is 4.99 Å². The number of carboxylic acids is 1. The minimum atomic E-state index is -1.04. The van der Waals surface area contributed by atoms with Crippen molar-refractivity contribution in [3.05, 3.63) is 70.1 Å². The molecule has 0 atom stereocenters. The third-order valence-electron chi connectivity index (χ3n) is 3.93. The molecule has 1 amide bonds. The number of benzene rings is 2. The molecular weight excluding hydrogens is 348 g/mol. The Morgan fingerprint density at radius 1 is 1.19 bits per heavy atom. The highest BCUT2D eigenvalue weighted by Gasteiger charge is 2.32. The molecule has 1 aliphatic heterocycles. The van der Waals surface area contributed by atoms with Gasteiger partial charge in [-0.05, 0) is 49.4 Å². The molecule has 2 aromatic carbocycles. The molecule has 5 nitrogen and oxygen atoms in total. The van der Waals surface area contributed by atoms with Crippen LogP contribution in [0.2, 0.25) is 0 Å². The number of thioether (sulfide) groups is 1. The number of carbonyl (C=O) groups is 2. The van der Waals surface area contributed by atoms with Crippen LogP contribution in [-0.2, 0) is 4.79 Å². The van der Waals surface area contributed by atoms with Crippen molar-refractivity contribution in [3.63, 3.8) is 0 Å². The lowest BCUT2D eigenvalue weighted by atomic mass is 10.1. The van der Waals surface area contributed by atoms with Gasteiger partial charge >= 0.3 is 5.97 Å². The maximum Gasteiger partial charge on any atom is 0.337 e. The number of amidine groups is 1. The number of carbonyl (C=O) groups excluding carboxylic acids is 1. The summed E-state index contributed by atoms with van der Waals surface area (Å²) in [5, 5.41) is 9.81. The van der Waals surface area contributed by atoms with Crippen LogP contribution >= 0.6 is 11.8 Å². The summed E-state index contributed by atoms with van der Waals surface area (Å²) in [7, 11) is 0. The molecule has 1 N–H and O–H groups in total. The van der Waals surface area contributed by atoms with Gasteiger partial charge in [0.25, 0.3) is 5.91 Å². The molecule has 0 aliphatic carbocycles. The summed E-state index contributed by atoms with van der Waals surface area (Å²) in [6, 6.07) is 14.4. The van der Waals surface area contributed by atoms with Crippen molar-refractivity contribution in [2.45, 2.75) is 13.8 Å². The molecule has 26 heavy (non-hydrogen) atoms. The lowest BCUT2D eigenvalue weighted by molar-refractivity contribution is -0.122. The second-order valence-electron chi connectivity index (χ2n) is 5.79. The summed E-state index contributed by atoms with van der Waals surface area (Å²) in [5.74, 6) is -1.16. The van der Waals surface area contributed by atoms with E-state index >= 15 is 0 Å². The molecule has 2 aromatic rings. The first kappa shape index (κ1) is 17.9. The molecule has 6 heteroatoms. The molecule has 0 saturated carbocycles. The van der Waals surface area contributed by atoms with E-state index in [1.54, 1.807) is 23.1 Å². The number of rotatable bonds is 4. The predicted octanol–water partition coefficient (Wildman–Crippen LogP) is 4.32. The normalized spacial score (nSPS) is 17.3. The van der Waals surface area contributed by atoms with Crippen LogP contribution in [0.3, 0.4) is 0 Å². The minimum Gasteiger partial charge on any atom is -0.478 e. The standard InChI is InChI=1S/C20H18N2O3S/c1-3-22-18(23)17(12-14-10-8-13(2)9-11-14)26-20(22)21-16-7-5-4-6-15(16)19(24)25/h4-12H,3H2,1-2H3,(H,24,25)/b17-12-,21-20?. The molecule has 1 heterocycles. The van der Waals surface area contributed by atoms with Crippen molar-refractivity contribution in [1.29, 1.82) is 0 Å². The Hall–Kier alpha value is -2.86. The van der Waals surface area contributed by atoms with Crippen LogP contribution < -0.4 is 0 Å². The Bertz CT molecular complexity index is 917. The van der Waals surface area contributed by atoms with Crippen molar-refractivity contribution >= 4 is 40.6 Å². The van der Waals surface area contributed by atoms with Crippen LogP contribution in [0.1, 0.15) is 28.4 Å². The van der Waals surface area contributed by atoms with E-state index < -0.39 is 5.97 Å². The lowest BCUT2D eigenvalue weighted by Gasteiger charge is -2.12. The van der Waals surface area contributed by atoms with Gasteiger partial charge in [-0.3, -0.25) is 9.69 Å². The number of carboxylic acid groups (broad SMARTS) is 1. The van der Waals surface area contributed by atoms with E-state index in [-0.39, 0.29) is 11.5 Å². The van der Waals surface area contributed by atoms with Gasteiger partial charge in [0.2, 0.25) is 0 Å². The first-order chi connectivity index (χ1) is 12.5. The van der Waals surface area contributed by atoms with Crippen molar-refractivity contribution < 1.29 is 14.7 Å². The first-order valence-electron chi connectivity index (χ1n) is 8.18. The predicted molar refractivity (Wildman–Crippen MR) is 105 cm³/mol. The van der Waals surface area contributed by atoms with E-state index in [9.17, 15) is 14.7 Å². The molecule has 0 aromatic heterocycles. The van der Waals surface area contributed by atoms with Crippen molar-refractivity contribution in [1.82, 2.24) is 4.90 Å². The van der Waals surface area contributed by atoms with Crippen LogP contribution in [0.15, 0.2) is 58.4 Å². The van der Waals surface area contributed by atoms with Gasteiger partial charge in [-0.25, -0.2) is 9.79 Å². The van der Waals surface area contributed by atoms with E-state index in [0.717, 1.165) is 11.1 Å². The average molecular weight is 366 g/mol. The van der Waals surface area contributed by atoms with E-state index in [1.165, 1.54) is 17.8 Å². The van der Waals surface area contributed by atoms with Gasteiger partial charge in [-0.1, -0.05) is 42.0 Å². The number of hydrogen-bond acceptors (Lipinski definition) is 4. The fourth-order valence-electron chi connectivity index (χ4n) is 2.54. The lowest BCUT2D eigenvalue weighted by Crippen LogP contribution is -2.28. The Kier molecular flexibility index (Phi) is 5.23. The molecular formula is C20H18N2O3S. The topological polar surface area (TPSA) is 70.0 Å². The maximum absolute atomic E-state index is 12.7. The van der Waals surface area contributed by atoms with E-state index in [2.05, 4.69) is 4.99 Å². The summed E-state index contributed by atoms with van der Waals surface area (Å²) >= 11 is 1.26. The highest BCUT2D eigenvalue weighted by molar-refractivity contribution is 8.18. The number of aliphatic imine (C=N–C) groups is 1. The largest absolute Gasteiger partial charge is 0.478 e. The van der Waals surface area contributed by atoms with Crippen LogP contribution in [-0.4, -0.2) is 33.6 Å². The number of nitrogens with zero attached hydrogens (tertiary/aromatic N) is 2. The smallest absolute Gasteiger partial charge is 0.337 e. The maximum atomic E-state index is 12.7. The van der Waals surface area contributed by atoms with Gasteiger partial charge < -0.3 is 5.11 Å². The van der Waals surface area contributed by atoms with Crippen LogP contribution in [0.25, 0.3) is 6.08 Å². The van der Waals surface area contributed by atoms with Crippen LogP contribution in [0, 0.1) is 6.92 Å². The fraction of sp³-hybridized carbons (Fsp3) is 0.150. The minimum absolute atomic E-state index is 0.111. The third-order valence-corrected chi connectivity index (χ3v) is 4.94. The number of hydrogen-bond donors (Lipinski definition) is 1. The third kappa shape index (κ3) is 3.70. The highest BCUT2D eigenvalue weighted by Crippen LogP contribution is 2.34. The van der Waals surface area contributed by atoms with Gasteiger partial charge in [0.1, 0.15) is 0 Å². The fourth-order valence-corrected chi connectivity index (χ4v) is 3.59. The summed E-state index contributed by atoms with van der Waals surface area (Å²) < 4.78 is 0. The first-order valence-corrected chi connectivity index (χ1v) is 9.00. The summed E-state index contributed by atoms with van der Waals surface area (Å²) in [6.45, 7) is 4.34. The Morgan fingerprint density at radius 3 is 2.54 bits per heavy atom. The molecule has 0 unspecified atom stereocenters. The molecule has 0 radical (unpaired) electrons. The van der Waals surface area contributed by atoms with E-state index in [4.69, 9.17) is 0 Å². The number of likely N-dealkylation sites (N-methyl/N-ethyl adjacent to an activating group) is 1. The Balaban J connectivity index is 1.97. The molecule has 1 aliphatic rings. The van der Waals surface area contributed by atoms with E-state index in [0.29, 0.717) is 22.3 Å². The van der Waals surface area contributed by atoms with Gasteiger partial charge in [0.15, 0.2) is 5.17 Å². The van der Waals surface area contributed by atoms with Crippen LogP contribution in [0.4, 0.5) is 5.69 Å². The second kappa shape index (κ2) is 7.58. The molecule has 3 rings (SSSR count). The zero-order valence-corrected chi connectivity index (χ0v) is 15.3. The van der Waals surface area contributed by atoms with Gasteiger partial charge in [0, 0.05) is 6.54 Å². The number of aromatic carboxylic acids is 1. The Labute approximate surface area is 156 Å². The molecule has 1 fully saturated rings. The summed E-state index contributed by atoms with van der Waals surface area (Å²) in [4.78, 5) is 30.6. The molecule has 1 saturated heterocycles. The average Bonchev–Trinajstić information content (AvgIpc) is 2.92. The highest BCUT2D eigenvalue weighted by atomic mass is 32.2. The molecule has 0 spiro atoms. The summed E-state index contributed by atoms with van der Waals surface area (Å²) in [5.41, 5.74) is 2.54. The quantitative estimate of drug-likeness (QED) is 0.818. The summed E-state index contributed by atoms with van der Waals surface area (Å²) in [6.07, 6.45) is 1.83. The molecule has 132 valence electrons. The monoisotopic (exact) mass is 366 g/mol. The Morgan fingerprint density at radius 2 is 1.88 bits per heavy atom. The zero-order chi connectivity index (χ0) is 18.7. The zero-order valence-electron chi connectivity index (χ0n) is 14.5. The van der Waals surface area contributed by atoms with Crippen molar-refractivity contribution in [3.8, 4) is 0 Å². The molecule has 0 bridgehead atoms. The van der Waals surface area contributed by atoms with Crippen LogP contribution in [0.5, 0.6) is 0 Å². The SMILES string of the molecule is CCN1C(=O)/C(=C/c2ccc(C)cc2)SC1=Nc1ccccc1C(=O)O. The number of para-hydroxylation sites is 1. The number of amides is 1. The second-order valence-corrected chi connectivity index (χ2v) is 6.80. The van der Waals surface area contributed by atoms with E-state index in [1.807, 2.05) is 44.2 Å². The van der Waals surface area contributed by atoms with Gasteiger partial charge in [-0.2, -0.15) is 0 Å². The van der Waals surface area contributed by atoms with Gasteiger partial charge in [0.05, 0.1) is 16.2 Å². The number of aryl methyl sites for hydroxylation is 1. The van der Waals surface area contributed by atoms with Gasteiger partial charge in [-0.15, -0.1) is 0 Å².